The molecule has 0 aliphatic carbocycles. The molecule has 0 aliphatic heterocycles. The highest BCUT2D eigenvalue weighted by atomic mass is 79.9. The predicted molar refractivity (Wildman–Crippen MR) is 77.0 cm³/mol. The van der Waals surface area contributed by atoms with Crippen molar-refractivity contribution in [1.82, 2.24) is 0 Å². The van der Waals surface area contributed by atoms with Gasteiger partial charge in [0.1, 0.15) is 18.2 Å². The lowest BCUT2D eigenvalue weighted by Crippen LogP contribution is -1.97. The van der Waals surface area contributed by atoms with Gasteiger partial charge in [0.25, 0.3) is 0 Å². The number of halogens is 3. The Kier molecular flexibility index (Phi) is 4.24. The molecule has 0 fully saturated rings. The quantitative estimate of drug-likeness (QED) is 0.802. The number of hydrogen-bond acceptors (Lipinski definition) is 2. The lowest BCUT2D eigenvalue weighted by molar-refractivity contribution is 0.305. The molecule has 2 N–H and O–H groups in total. The van der Waals surface area contributed by atoms with E-state index in [0.29, 0.717) is 22.5 Å². The van der Waals surface area contributed by atoms with Crippen LogP contribution in [0.15, 0.2) is 45.3 Å². The van der Waals surface area contributed by atoms with Crippen LogP contribution in [0.1, 0.15) is 5.56 Å². The second-order valence-corrected chi connectivity index (χ2v) is 5.51. The van der Waals surface area contributed by atoms with Crippen LogP contribution in [0.5, 0.6) is 5.75 Å². The number of hydrogen-bond donors (Lipinski definition) is 1. The molecule has 0 saturated carbocycles. The number of nitrogen functional groups attached to an aromatic ring is 1. The molecule has 0 saturated heterocycles. The molecule has 0 atom stereocenters. The molecule has 0 unspecified atom stereocenters. The van der Waals surface area contributed by atoms with Gasteiger partial charge in [0.2, 0.25) is 0 Å². The third-order valence-electron chi connectivity index (χ3n) is 2.30. The SMILES string of the molecule is Nc1cc(Br)cc(OCc2ccc(F)cc2Br)c1. The molecule has 0 spiro atoms. The molecule has 18 heavy (non-hydrogen) atoms. The fraction of sp³-hybridized carbons (Fsp3) is 0.0769. The van der Waals surface area contributed by atoms with E-state index in [1.807, 2.05) is 6.07 Å². The average Bonchev–Trinajstić information content (AvgIpc) is 2.26. The highest BCUT2D eigenvalue weighted by molar-refractivity contribution is 9.10. The normalized spacial score (nSPS) is 10.4. The first-order valence-corrected chi connectivity index (χ1v) is 6.76. The van der Waals surface area contributed by atoms with E-state index in [1.165, 1.54) is 12.1 Å². The molecule has 0 bridgehead atoms. The van der Waals surface area contributed by atoms with Gasteiger partial charge in [-0.2, -0.15) is 0 Å². The van der Waals surface area contributed by atoms with Crippen LogP contribution in [0.25, 0.3) is 0 Å². The minimum atomic E-state index is -0.280. The van der Waals surface area contributed by atoms with Crippen molar-refractivity contribution in [3.05, 3.63) is 56.7 Å². The predicted octanol–water partition coefficient (Wildman–Crippen LogP) is 4.51. The minimum absolute atomic E-state index is 0.280. The van der Waals surface area contributed by atoms with Gasteiger partial charge in [-0.3, -0.25) is 0 Å². The van der Waals surface area contributed by atoms with Crippen LogP contribution >= 0.6 is 31.9 Å². The molecule has 0 heterocycles. The highest BCUT2D eigenvalue weighted by Gasteiger charge is 2.04. The molecule has 2 rings (SSSR count). The molecule has 0 aliphatic rings. The summed E-state index contributed by atoms with van der Waals surface area (Å²) in [5.41, 5.74) is 7.20. The topological polar surface area (TPSA) is 35.2 Å². The van der Waals surface area contributed by atoms with Gasteiger partial charge in [-0.05, 0) is 24.3 Å². The van der Waals surface area contributed by atoms with Crippen LogP contribution in [-0.4, -0.2) is 0 Å². The molecule has 94 valence electrons. The van der Waals surface area contributed by atoms with Crippen molar-refractivity contribution in [2.24, 2.45) is 0 Å². The maximum atomic E-state index is 12.9. The summed E-state index contributed by atoms with van der Waals surface area (Å²) in [5, 5.41) is 0. The van der Waals surface area contributed by atoms with Crippen molar-refractivity contribution < 1.29 is 9.13 Å². The first-order valence-electron chi connectivity index (χ1n) is 5.17. The Morgan fingerprint density at radius 2 is 1.89 bits per heavy atom. The summed E-state index contributed by atoms with van der Waals surface area (Å²) in [6, 6.07) is 9.85. The van der Waals surface area contributed by atoms with Gasteiger partial charge in [0, 0.05) is 26.3 Å². The van der Waals surface area contributed by atoms with Crippen molar-refractivity contribution in [2.45, 2.75) is 6.61 Å². The van der Waals surface area contributed by atoms with Gasteiger partial charge >= 0.3 is 0 Å². The van der Waals surface area contributed by atoms with Crippen molar-refractivity contribution >= 4 is 37.5 Å². The Morgan fingerprint density at radius 3 is 2.56 bits per heavy atom. The van der Waals surface area contributed by atoms with Crippen molar-refractivity contribution in [1.29, 1.82) is 0 Å². The zero-order valence-electron chi connectivity index (χ0n) is 9.29. The van der Waals surface area contributed by atoms with E-state index in [2.05, 4.69) is 31.9 Å². The standard InChI is InChI=1S/C13H10Br2FNO/c14-9-3-11(17)6-12(4-9)18-7-8-1-2-10(16)5-13(8)15/h1-6H,7,17H2. The minimum Gasteiger partial charge on any atom is -0.489 e. The van der Waals surface area contributed by atoms with E-state index in [9.17, 15) is 4.39 Å². The van der Waals surface area contributed by atoms with Crippen molar-refractivity contribution in [3.63, 3.8) is 0 Å². The van der Waals surface area contributed by atoms with Crippen molar-refractivity contribution in [3.8, 4) is 5.75 Å². The third kappa shape index (κ3) is 3.46. The van der Waals surface area contributed by atoms with Crippen LogP contribution in [0, 0.1) is 5.82 Å². The second-order valence-electron chi connectivity index (χ2n) is 3.74. The Labute approximate surface area is 121 Å². The second kappa shape index (κ2) is 5.71. The molecule has 2 nitrogen and oxygen atoms in total. The first kappa shape index (κ1) is 13.4. The summed E-state index contributed by atoms with van der Waals surface area (Å²) in [6.07, 6.45) is 0. The van der Waals surface area contributed by atoms with Gasteiger partial charge < -0.3 is 10.5 Å². The van der Waals surface area contributed by atoms with Crippen LogP contribution in [0.3, 0.4) is 0 Å². The molecule has 2 aromatic rings. The average molecular weight is 375 g/mol. The van der Waals surface area contributed by atoms with Crippen LogP contribution < -0.4 is 10.5 Å². The maximum Gasteiger partial charge on any atom is 0.124 e. The van der Waals surface area contributed by atoms with Gasteiger partial charge in [-0.25, -0.2) is 4.39 Å². The molecular weight excluding hydrogens is 365 g/mol. The van der Waals surface area contributed by atoms with Gasteiger partial charge in [0.15, 0.2) is 0 Å². The number of benzene rings is 2. The number of anilines is 1. The molecule has 0 amide bonds. The summed E-state index contributed by atoms with van der Waals surface area (Å²) in [5.74, 6) is 0.385. The summed E-state index contributed by atoms with van der Waals surface area (Å²) >= 11 is 6.64. The molecule has 0 aromatic heterocycles. The molecule has 5 heteroatoms. The van der Waals surface area contributed by atoms with Gasteiger partial charge in [0.05, 0.1) is 0 Å². The van der Waals surface area contributed by atoms with E-state index in [1.54, 1.807) is 18.2 Å². The Balaban J connectivity index is 2.11. The molecule has 2 aromatic carbocycles. The Hall–Kier alpha value is -1.07. The van der Waals surface area contributed by atoms with Crippen LogP contribution in [0.2, 0.25) is 0 Å². The summed E-state index contributed by atoms with van der Waals surface area (Å²) in [6.45, 7) is 0.344. The highest BCUT2D eigenvalue weighted by Crippen LogP contribution is 2.25. The van der Waals surface area contributed by atoms with Crippen LogP contribution in [0.4, 0.5) is 10.1 Å². The molecular formula is C13H10Br2FNO. The van der Waals surface area contributed by atoms with Crippen LogP contribution in [-0.2, 0) is 6.61 Å². The fourth-order valence-electron chi connectivity index (χ4n) is 1.47. The largest absolute Gasteiger partial charge is 0.489 e. The Bertz CT molecular complexity index is 555. The zero-order chi connectivity index (χ0) is 13.1. The van der Waals surface area contributed by atoms with Gasteiger partial charge in [-0.1, -0.05) is 37.9 Å². The fourth-order valence-corrected chi connectivity index (χ4v) is 2.42. The summed E-state index contributed by atoms with van der Waals surface area (Å²) in [7, 11) is 0. The van der Waals surface area contributed by atoms with Gasteiger partial charge in [-0.15, -0.1) is 0 Å². The van der Waals surface area contributed by atoms with E-state index in [4.69, 9.17) is 10.5 Å². The van der Waals surface area contributed by atoms with E-state index < -0.39 is 0 Å². The van der Waals surface area contributed by atoms with E-state index in [-0.39, 0.29) is 5.82 Å². The monoisotopic (exact) mass is 373 g/mol. The van der Waals surface area contributed by atoms with E-state index >= 15 is 0 Å². The smallest absolute Gasteiger partial charge is 0.124 e. The summed E-state index contributed by atoms with van der Waals surface area (Å²) < 4.78 is 20.1. The lowest BCUT2D eigenvalue weighted by Gasteiger charge is -2.09. The first-order chi connectivity index (χ1) is 8.54. The molecule has 0 radical (unpaired) electrons. The zero-order valence-corrected chi connectivity index (χ0v) is 12.5. The number of nitrogens with two attached hydrogens (primary N) is 1. The number of rotatable bonds is 3. The van der Waals surface area contributed by atoms with Crippen molar-refractivity contribution in [2.75, 3.05) is 5.73 Å². The Morgan fingerprint density at radius 1 is 1.11 bits per heavy atom. The summed E-state index contributed by atoms with van der Waals surface area (Å²) in [4.78, 5) is 0. The van der Waals surface area contributed by atoms with E-state index in [0.717, 1.165) is 10.0 Å². The maximum absolute atomic E-state index is 12.9. The third-order valence-corrected chi connectivity index (χ3v) is 3.50. The lowest BCUT2D eigenvalue weighted by atomic mass is 10.2. The number of ether oxygens (including phenoxy) is 1.